The summed E-state index contributed by atoms with van der Waals surface area (Å²) in [7, 11) is 0. The van der Waals surface area contributed by atoms with Crippen molar-refractivity contribution in [2.45, 2.75) is 6.04 Å². The van der Waals surface area contributed by atoms with Crippen molar-refractivity contribution in [3.63, 3.8) is 0 Å². The summed E-state index contributed by atoms with van der Waals surface area (Å²) in [6.45, 7) is 3.55. The molecule has 3 heterocycles. The average molecular weight is 355 g/mol. The highest BCUT2D eigenvalue weighted by Crippen LogP contribution is 2.30. The Hall–Kier alpha value is -2.44. The van der Waals surface area contributed by atoms with Gasteiger partial charge in [0.25, 0.3) is 0 Å². The zero-order valence-corrected chi connectivity index (χ0v) is 14.5. The Morgan fingerprint density at radius 3 is 2.40 bits per heavy atom. The number of rotatable bonds is 4. The van der Waals surface area contributed by atoms with Gasteiger partial charge in [0.2, 0.25) is 0 Å². The second-order valence-electron chi connectivity index (χ2n) is 6.04. The summed E-state index contributed by atoms with van der Waals surface area (Å²) in [6, 6.07) is 10.7. The summed E-state index contributed by atoms with van der Waals surface area (Å²) >= 11 is 6.19. The summed E-state index contributed by atoms with van der Waals surface area (Å²) in [5.41, 5.74) is 2.45. The zero-order valence-electron chi connectivity index (χ0n) is 13.7. The summed E-state index contributed by atoms with van der Waals surface area (Å²) in [4.78, 5) is 13.2. The maximum absolute atomic E-state index is 6.19. The fourth-order valence-corrected chi connectivity index (χ4v) is 3.60. The number of aromatic nitrogens is 4. The number of halogens is 1. The number of hydrogen-bond acceptors (Lipinski definition) is 5. The van der Waals surface area contributed by atoms with E-state index in [1.54, 1.807) is 12.4 Å². The van der Waals surface area contributed by atoms with Gasteiger partial charge in [-0.15, -0.1) is 0 Å². The lowest BCUT2D eigenvalue weighted by Gasteiger charge is -2.39. The third-order valence-corrected chi connectivity index (χ3v) is 4.83. The Morgan fingerprint density at radius 1 is 0.960 bits per heavy atom. The molecule has 0 aliphatic carbocycles. The van der Waals surface area contributed by atoms with Gasteiger partial charge in [0.15, 0.2) is 11.0 Å². The van der Waals surface area contributed by atoms with Crippen molar-refractivity contribution in [3.8, 4) is 0 Å². The first kappa shape index (κ1) is 16.1. The molecule has 7 heteroatoms. The molecule has 1 aliphatic rings. The largest absolute Gasteiger partial charge is 0.351 e. The average Bonchev–Trinajstić information content (AvgIpc) is 3.18. The molecule has 2 aromatic heterocycles. The molecule has 1 saturated heterocycles. The van der Waals surface area contributed by atoms with E-state index in [9.17, 15) is 0 Å². The van der Waals surface area contributed by atoms with Crippen molar-refractivity contribution in [2.24, 2.45) is 0 Å². The topological polar surface area (TPSA) is 60.9 Å². The number of H-pyrrole nitrogens is 1. The van der Waals surface area contributed by atoms with Crippen LogP contribution in [-0.4, -0.2) is 51.2 Å². The number of piperazine rings is 1. The van der Waals surface area contributed by atoms with Crippen LogP contribution in [0.25, 0.3) is 0 Å². The van der Waals surface area contributed by atoms with E-state index >= 15 is 0 Å². The maximum Gasteiger partial charge on any atom is 0.171 e. The van der Waals surface area contributed by atoms with Gasteiger partial charge in [-0.25, -0.2) is 9.97 Å². The van der Waals surface area contributed by atoms with Crippen LogP contribution in [-0.2, 0) is 0 Å². The number of hydrogen-bond donors (Lipinski definition) is 1. The van der Waals surface area contributed by atoms with Gasteiger partial charge >= 0.3 is 0 Å². The van der Waals surface area contributed by atoms with E-state index in [4.69, 9.17) is 11.6 Å². The van der Waals surface area contributed by atoms with E-state index in [1.807, 2.05) is 18.5 Å². The van der Waals surface area contributed by atoms with Gasteiger partial charge in [0, 0.05) is 50.3 Å². The van der Waals surface area contributed by atoms with Crippen LogP contribution in [0, 0.1) is 0 Å². The highest BCUT2D eigenvalue weighted by Gasteiger charge is 2.28. The van der Waals surface area contributed by atoms with Gasteiger partial charge in [-0.05, 0) is 5.56 Å². The lowest BCUT2D eigenvalue weighted by molar-refractivity contribution is 0.212. The molecule has 1 unspecified atom stereocenters. The third kappa shape index (κ3) is 3.36. The molecule has 4 rings (SSSR count). The predicted octanol–water partition coefficient (Wildman–Crippen LogP) is 2.76. The van der Waals surface area contributed by atoms with E-state index in [2.05, 4.69) is 54.2 Å². The number of nitrogens with zero attached hydrogens (tertiary/aromatic N) is 5. The Balaban J connectivity index is 1.54. The van der Waals surface area contributed by atoms with Gasteiger partial charge in [0.1, 0.15) is 0 Å². The summed E-state index contributed by atoms with van der Waals surface area (Å²) in [6.07, 6.45) is 7.19. The smallest absolute Gasteiger partial charge is 0.171 e. The number of aromatic amines is 1. The molecule has 0 bridgehead atoms. The summed E-state index contributed by atoms with van der Waals surface area (Å²) in [5.74, 6) is 0.767. The highest BCUT2D eigenvalue weighted by atomic mass is 35.5. The van der Waals surface area contributed by atoms with E-state index in [0.717, 1.165) is 32.0 Å². The molecule has 1 fully saturated rings. The van der Waals surface area contributed by atoms with Crippen LogP contribution in [0.15, 0.2) is 55.1 Å². The number of benzene rings is 1. The Bertz CT molecular complexity index is 799. The maximum atomic E-state index is 6.19. The fourth-order valence-electron chi connectivity index (χ4n) is 3.38. The van der Waals surface area contributed by atoms with Crippen molar-refractivity contribution in [1.82, 2.24) is 25.1 Å². The van der Waals surface area contributed by atoms with E-state index in [-0.39, 0.29) is 6.04 Å². The number of anilines is 1. The van der Waals surface area contributed by atoms with Crippen molar-refractivity contribution < 1.29 is 0 Å². The molecule has 0 saturated carbocycles. The van der Waals surface area contributed by atoms with Gasteiger partial charge in [-0.1, -0.05) is 41.9 Å². The van der Waals surface area contributed by atoms with Crippen LogP contribution in [0.2, 0.25) is 5.15 Å². The number of nitrogens with one attached hydrogen (secondary N) is 1. The minimum absolute atomic E-state index is 0.194. The van der Waals surface area contributed by atoms with Gasteiger partial charge in [-0.3, -0.25) is 10.00 Å². The predicted molar refractivity (Wildman–Crippen MR) is 97.7 cm³/mol. The van der Waals surface area contributed by atoms with Crippen LogP contribution in [0.1, 0.15) is 17.2 Å². The van der Waals surface area contributed by atoms with Gasteiger partial charge in [0.05, 0.1) is 12.2 Å². The Kier molecular flexibility index (Phi) is 4.63. The molecule has 1 N–H and O–H groups in total. The molecular weight excluding hydrogens is 336 g/mol. The lowest BCUT2D eigenvalue weighted by Crippen LogP contribution is -2.48. The van der Waals surface area contributed by atoms with Crippen molar-refractivity contribution in [2.75, 3.05) is 31.1 Å². The second kappa shape index (κ2) is 7.21. The van der Waals surface area contributed by atoms with Crippen molar-refractivity contribution in [3.05, 3.63) is 71.4 Å². The Morgan fingerprint density at radius 2 is 1.72 bits per heavy atom. The molecule has 0 radical (unpaired) electrons. The normalized spacial score (nSPS) is 16.8. The molecule has 6 nitrogen and oxygen atoms in total. The molecule has 0 amide bonds. The molecular formula is C18H19ClN6. The minimum atomic E-state index is 0.194. The van der Waals surface area contributed by atoms with E-state index in [0.29, 0.717) is 5.15 Å². The van der Waals surface area contributed by atoms with E-state index < -0.39 is 0 Å². The fraction of sp³-hybridized carbons (Fsp3) is 0.278. The molecule has 3 aromatic rings. The van der Waals surface area contributed by atoms with Gasteiger partial charge < -0.3 is 4.90 Å². The van der Waals surface area contributed by atoms with E-state index in [1.165, 1.54) is 11.1 Å². The first-order chi connectivity index (χ1) is 12.3. The molecule has 0 spiro atoms. The van der Waals surface area contributed by atoms with Crippen LogP contribution in [0.5, 0.6) is 0 Å². The quantitative estimate of drug-likeness (QED) is 0.780. The zero-order chi connectivity index (χ0) is 17.1. The van der Waals surface area contributed by atoms with Crippen LogP contribution >= 0.6 is 11.6 Å². The summed E-state index contributed by atoms with van der Waals surface area (Å²) < 4.78 is 0. The Labute approximate surface area is 151 Å². The SMILES string of the molecule is Clc1nccnc1N1CCN(C(c2ccccc2)c2cn[nH]c2)CC1. The van der Waals surface area contributed by atoms with Gasteiger partial charge in [-0.2, -0.15) is 5.10 Å². The highest BCUT2D eigenvalue weighted by molar-refractivity contribution is 6.31. The van der Waals surface area contributed by atoms with Crippen molar-refractivity contribution in [1.29, 1.82) is 0 Å². The molecule has 1 atom stereocenters. The summed E-state index contributed by atoms with van der Waals surface area (Å²) in [5, 5.41) is 7.54. The lowest BCUT2D eigenvalue weighted by atomic mass is 9.99. The molecule has 1 aliphatic heterocycles. The first-order valence-corrected chi connectivity index (χ1v) is 8.70. The second-order valence-corrected chi connectivity index (χ2v) is 6.40. The van der Waals surface area contributed by atoms with Crippen LogP contribution in [0.3, 0.4) is 0 Å². The minimum Gasteiger partial charge on any atom is -0.351 e. The van der Waals surface area contributed by atoms with Crippen LogP contribution in [0.4, 0.5) is 5.82 Å². The standard InChI is InChI=1S/C18H19ClN6/c19-17-18(21-7-6-20-17)25-10-8-24(9-11-25)16(15-12-22-23-13-15)14-4-2-1-3-5-14/h1-7,12-13,16H,8-11H2,(H,22,23). The monoisotopic (exact) mass is 354 g/mol. The molecule has 25 heavy (non-hydrogen) atoms. The molecule has 1 aromatic carbocycles. The third-order valence-electron chi connectivity index (χ3n) is 4.57. The first-order valence-electron chi connectivity index (χ1n) is 8.32. The van der Waals surface area contributed by atoms with Crippen molar-refractivity contribution >= 4 is 17.4 Å². The molecule has 128 valence electrons. The van der Waals surface area contributed by atoms with Crippen LogP contribution < -0.4 is 4.90 Å².